The Morgan fingerprint density at radius 1 is 1.40 bits per heavy atom. The highest BCUT2D eigenvalue weighted by atomic mass is 16.3. The Balaban J connectivity index is 2.88. The summed E-state index contributed by atoms with van der Waals surface area (Å²) in [6.07, 6.45) is 0.370. The Kier molecular flexibility index (Phi) is 4.97. The van der Waals surface area contributed by atoms with Crippen molar-refractivity contribution in [1.29, 1.82) is 0 Å². The van der Waals surface area contributed by atoms with Gasteiger partial charge in [0, 0.05) is 36.8 Å². The molecule has 2 atom stereocenters. The summed E-state index contributed by atoms with van der Waals surface area (Å²) in [6.45, 7) is 3.52. The minimum absolute atomic E-state index is 0.124. The highest BCUT2D eigenvalue weighted by Crippen LogP contribution is 2.28. The molecule has 0 saturated carbocycles. The third kappa shape index (κ3) is 4.11. The smallest absolute Gasteiger partial charge is 0.236 e. The maximum absolute atomic E-state index is 11.4. The molecule has 0 aliphatic rings. The molecule has 0 aromatic heterocycles. The molecule has 0 bridgehead atoms. The summed E-state index contributed by atoms with van der Waals surface area (Å²) in [5.41, 5.74) is 19.2. The lowest BCUT2D eigenvalue weighted by molar-refractivity contribution is -0.123. The highest BCUT2D eigenvalue weighted by molar-refractivity contribution is 5.81. The maximum atomic E-state index is 11.4. The van der Waals surface area contributed by atoms with Crippen molar-refractivity contribution < 1.29 is 9.90 Å². The van der Waals surface area contributed by atoms with E-state index in [1.54, 1.807) is 19.1 Å². The summed E-state index contributed by atoms with van der Waals surface area (Å²) in [6, 6.07) is 2.84. The average molecular weight is 280 g/mol. The van der Waals surface area contributed by atoms with Gasteiger partial charge in [-0.25, -0.2) is 0 Å². The third-order valence-electron chi connectivity index (χ3n) is 3.26. The van der Waals surface area contributed by atoms with Gasteiger partial charge in [-0.15, -0.1) is 0 Å². The summed E-state index contributed by atoms with van der Waals surface area (Å²) in [5, 5.41) is 12.9. The summed E-state index contributed by atoms with van der Waals surface area (Å²) in [7, 11) is 1.51. The van der Waals surface area contributed by atoms with Crippen molar-refractivity contribution in [2.45, 2.75) is 38.3 Å². The third-order valence-corrected chi connectivity index (χ3v) is 3.26. The van der Waals surface area contributed by atoms with Crippen LogP contribution in [-0.2, 0) is 11.2 Å². The SMILES string of the molecule is CNC(=O)C(N)CC(C)(O)Cc1c(N)cc(C)cc1N. The molecule has 2 unspecified atom stereocenters. The van der Waals surface area contributed by atoms with Gasteiger partial charge in [0.1, 0.15) is 0 Å². The summed E-state index contributed by atoms with van der Waals surface area (Å²) in [4.78, 5) is 11.4. The molecule has 0 aliphatic heterocycles. The van der Waals surface area contributed by atoms with E-state index in [1.807, 2.05) is 6.92 Å². The predicted octanol–water partition coefficient (Wildman–Crippen LogP) is -0.0837. The first-order valence-electron chi connectivity index (χ1n) is 6.50. The Labute approximate surface area is 119 Å². The zero-order valence-corrected chi connectivity index (χ0v) is 12.2. The van der Waals surface area contributed by atoms with Gasteiger partial charge < -0.3 is 27.6 Å². The average Bonchev–Trinajstić information content (AvgIpc) is 2.32. The summed E-state index contributed by atoms with van der Waals surface area (Å²) in [5.74, 6) is -0.310. The van der Waals surface area contributed by atoms with Crippen LogP contribution in [0.2, 0.25) is 0 Å². The van der Waals surface area contributed by atoms with Crippen molar-refractivity contribution in [2.75, 3.05) is 18.5 Å². The molecule has 0 heterocycles. The molecule has 0 saturated heterocycles. The normalized spacial score (nSPS) is 15.4. The van der Waals surface area contributed by atoms with E-state index >= 15 is 0 Å². The van der Waals surface area contributed by atoms with Crippen molar-refractivity contribution in [3.63, 3.8) is 0 Å². The van der Waals surface area contributed by atoms with Crippen LogP contribution in [-0.4, -0.2) is 29.7 Å². The molecule has 6 heteroatoms. The van der Waals surface area contributed by atoms with Crippen LogP contribution in [0.5, 0.6) is 0 Å². The molecule has 0 radical (unpaired) electrons. The standard InChI is InChI=1S/C14H24N4O2/c1-8-4-10(15)9(11(16)5-8)6-14(2,20)7-12(17)13(19)18-3/h4-5,12,20H,6-7,15-17H2,1-3H3,(H,18,19). The minimum atomic E-state index is -1.16. The number of aryl methyl sites for hydroxylation is 1. The first-order valence-corrected chi connectivity index (χ1v) is 6.50. The zero-order chi connectivity index (χ0) is 15.5. The van der Waals surface area contributed by atoms with Crippen molar-refractivity contribution in [1.82, 2.24) is 5.32 Å². The molecule has 6 nitrogen and oxygen atoms in total. The number of anilines is 2. The van der Waals surface area contributed by atoms with Crippen LogP contribution in [0.4, 0.5) is 11.4 Å². The number of nitrogen functional groups attached to an aromatic ring is 2. The molecule has 1 aromatic carbocycles. The van der Waals surface area contributed by atoms with E-state index in [0.717, 1.165) is 5.56 Å². The molecule has 1 amide bonds. The van der Waals surface area contributed by atoms with Crippen molar-refractivity contribution in [3.05, 3.63) is 23.3 Å². The molecule has 8 N–H and O–H groups in total. The minimum Gasteiger partial charge on any atom is -0.398 e. The van der Waals surface area contributed by atoms with Gasteiger partial charge in [-0.3, -0.25) is 4.79 Å². The fourth-order valence-electron chi connectivity index (χ4n) is 2.28. The van der Waals surface area contributed by atoms with Crippen molar-refractivity contribution in [2.24, 2.45) is 5.73 Å². The van der Waals surface area contributed by atoms with E-state index in [-0.39, 0.29) is 18.7 Å². The van der Waals surface area contributed by atoms with Crippen LogP contribution in [0.15, 0.2) is 12.1 Å². The monoisotopic (exact) mass is 280 g/mol. The number of benzene rings is 1. The number of carbonyl (C=O) groups excluding carboxylic acids is 1. The van der Waals surface area contributed by atoms with Gasteiger partial charge in [-0.2, -0.15) is 0 Å². The van der Waals surface area contributed by atoms with Crippen molar-refractivity contribution >= 4 is 17.3 Å². The number of amides is 1. The van der Waals surface area contributed by atoms with Gasteiger partial charge >= 0.3 is 0 Å². The number of aliphatic hydroxyl groups is 1. The molecule has 0 fully saturated rings. The number of hydrogen-bond donors (Lipinski definition) is 5. The maximum Gasteiger partial charge on any atom is 0.236 e. The van der Waals surface area contributed by atoms with E-state index in [0.29, 0.717) is 16.9 Å². The van der Waals surface area contributed by atoms with E-state index < -0.39 is 11.6 Å². The van der Waals surface area contributed by atoms with Gasteiger partial charge in [-0.05, 0) is 31.5 Å². The molecule has 0 spiro atoms. The van der Waals surface area contributed by atoms with Crippen LogP contribution in [0, 0.1) is 6.92 Å². The van der Waals surface area contributed by atoms with Gasteiger partial charge in [-0.1, -0.05) is 0 Å². The summed E-state index contributed by atoms with van der Waals surface area (Å²) < 4.78 is 0. The fourth-order valence-corrected chi connectivity index (χ4v) is 2.28. The molecule has 1 rings (SSSR count). The van der Waals surface area contributed by atoms with E-state index in [1.165, 1.54) is 7.05 Å². The van der Waals surface area contributed by atoms with Crippen LogP contribution in [0.1, 0.15) is 24.5 Å². The lowest BCUT2D eigenvalue weighted by Crippen LogP contribution is -2.45. The van der Waals surface area contributed by atoms with Crippen molar-refractivity contribution in [3.8, 4) is 0 Å². The number of likely N-dealkylation sites (N-methyl/N-ethyl adjacent to an activating group) is 1. The number of hydrogen-bond acceptors (Lipinski definition) is 5. The Morgan fingerprint density at radius 3 is 2.35 bits per heavy atom. The number of nitrogens with two attached hydrogens (primary N) is 3. The molecular weight excluding hydrogens is 256 g/mol. The lowest BCUT2D eigenvalue weighted by Gasteiger charge is -2.27. The zero-order valence-electron chi connectivity index (χ0n) is 12.2. The molecule has 0 aliphatic carbocycles. The quantitative estimate of drug-likeness (QED) is 0.482. The highest BCUT2D eigenvalue weighted by Gasteiger charge is 2.28. The second-order valence-electron chi connectivity index (χ2n) is 5.52. The second kappa shape index (κ2) is 6.11. The van der Waals surface area contributed by atoms with Crippen LogP contribution in [0.25, 0.3) is 0 Å². The number of carbonyl (C=O) groups is 1. The Hall–Kier alpha value is -1.79. The number of nitrogens with one attached hydrogen (secondary N) is 1. The van der Waals surface area contributed by atoms with Crippen LogP contribution in [0.3, 0.4) is 0 Å². The fraction of sp³-hybridized carbons (Fsp3) is 0.500. The lowest BCUT2D eigenvalue weighted by atomic mass is 9.88. The predicted molar refractivity (Wildman–Crippen MR) is 81.0 cm³/mol. The first kappa shape index (κ1) is 16.3. The van der Waals surface area contributed by atoms with E-state index in [9.17, 15) is 9.90 Å². The van der Waals surface area contributed by atoms with Crippen LogP contribution < -0.4 is 22.5 Å². The molecular formula is C14H24N4O2. The molecule has 1 aromatic rings. The Bertz CT molecular complexity index is 477. The topological polar surface area (TPSA) is 127 Å². The van der Waals surface area contributed by atoms with E-state index in [4.69, 9.17) is 17.2 Å². The van der Waals surface area contributed by atoms with Gasteiger partial charge in [0.05, 0.1) is 11.6 Å². The van der Waals surface area contributed by atoms with E-state index in [2.05, 4.69) is 5.32 Å². The van der Waals surface area contributed by atoms with Crippen LogP contribution >= 0.6 is 0 Å². The second-order valence-corrected chi connectivity index (χ2v) is 5.52. The molecule has 112 valence electrons. The molecule has 20 heavy (non-hydrogen) atoms. The van der Waals surface area contributed by atoms with Gasteiger partial charge in [0.25, 0.3) is 0 Å². The Morgan fingerprint density at radius 2 is 1.90 bits per heavy atom. The van der Waals surface area contributed by atoms with Gasteiger partial charge in [0.2, 0.25) is 5.91 Å². The largest absolute Gasteiger partial charge is 0.398 e. The number of rotatable bonds is 5. The summed E-state index contributed by atoms with van der Waals surface area (Å²) >= 11 is 0. The first-order chi connectivity index (χ1) is 9.16. The van der Waals surface area contributed by atoms with Gasteiger partial charge in [0.15, 0.2) is 0 Å².